The summed E-state index contributed by atoms with van der Waals surface area (Å²) >= 11 is 0. The number of rotatable bonds is 8. The Labute approximate surface area is 103 Å². The predicted molar refractivity (Wildman–Crippen MR) is 65.5 cm³/mol. The highest BCUT2D eigenvalue weighted by Crippen LogP contribution is 2.06. The lowest BCUT2D eigenvalue weighted by atomic mass is 10.3. The van der Waals surface area contributed by atoms with Crippen LogP contribution in [0.25, 0.3) is 0 Å². The number of ether oxygens (including phenoxy) is 2. The fourth-order valence-corrected chi connectivity index (χ4v) is 3.21. The standard InChI is InChI=1S/C10H22N2O4S/c1-15-7-10(16-2)6-12-17(13,14)8-9-4-3-5-11-9/h9-12H,3-8H2,1-2H3. The van der Waals surface area contributed by atoms with Crippen LogP contribution in [0.15, 0.2) is 0 Å². The maximum Gasteiger partial charge on any atom is 0.213 e. The third kappa shape index (κ3) is 5.78. The molecule has 2 N–H and O–H groups in total. The van der Waals surface area contributed by atoms with Gasteiger partial charge in [0.1, 0.15) is 0 Å². The van der Waals surface area contributed by atoms with Gasteiger partial charge in [0, 0.05) is 26.8 Å². The first kappa shape index (κ1) is 14.8. The molecular weight excluding hydrogens is 244 g/mol. The highest BCUT2D eigenvalue weighted by atomic mass is 32.2. The first-order chi connectivity index (χ1) is 8.07. The van der Waals surface area contributed by atoms with Crippen molar-refractivity contribution < 1.29 is 17.9 Å². The summed E-state index contributed by atoms with van der Waals surface area (Å²) in [5, 5.41) is 3.16. The average Bonchev–Trinajstić information content (AvgIpc) is 2.76. The van der Waals surface area contributed by atoms with E-state index in [-0.39, 0.29) is 24.4 Å². The first-order valence-electron chi connectivity index (χ1n) is 5.80. The first-order valence-corrected chi connectivity index (χ1v) is 7.45. The molecule has 1 aliphatic rings. The molecule has 0 spiro atoms. The summed E-state index contributed by atoms with van der Waals surface area (Å²) in [6, 6.07) is 0.0796. The second kappa shape index (κ2) is 7.27. The minimum atomic E-state index is -3.24. The SMILES string of the molecule is COCC(CNS(=O)(=O)CC1CCCN1)OC. The van der Waals surface area contributed by atoms with Gasteiger partial charge in [-0.2, -0.15) is 0 Å². The van der Waals surface area contributed by atoms with Gasteiger partial charge < -0.3 is 14.8 Å². The predicted octanol–water partition coefficient (Wildman–Crippen LogP) is -0.681. The lowest BCUT2D eigenvalue weighted by Crippen LogP contribution is -2.41. The smallest absolute Gasteiger partial charge is 0.213 e. The highest BCUT2D eigenvalue weighted by molar-refractivity contribution is 7.89. The van der Waals surface area contributed by atoms with E-state index < -0.39 is 10.0 Å². The van der Waals surface area contributed by atoms with Crippen LogP contribution in [0.1, 0.15) is 12.8 Å². The minimum absolute atomic E-state index is 0.0796. The molecule has 17 heavy (non-hydrogen) atoms. The zero-order valence-corrected chi connectivity index (χ0v) is 11.3. The Morgan fingerprint density at radius 1 is 1.47 bits per heavy atom. The molecule has 2 unspecified atom stereocenters. The third-order valence-corrected chi connectivity index (χ3v) is 4.25. The van der Waals surface area contributed by atoms with Crippen molar-refractivity contribution in [2.75, 3.05) is 39.7 Å². The van der Waals surface area contributed by atoms with Gasteiger partial charge in [-0.15, -0.1) is 0 Å². The van der Waals surface area contributed by atoms with Gasteiger partial charge >= 0.3 is 0 Å². The maximum absolute atomic E-state index is 11.8. The number of hydrogen-bond donors (Lipinski definition) is 2. The van der Waals surface area contributed by atoms with Crippen molar-refractivity contribution >= 4 is 10.0 Å². The fourth-order valence-electron chi connectivity index (χ4n) is 1.84. The van der Waals surface area contributed by atoms with Crippen molar-refractivity contribution in [2.45, 2.75) is 25.0 Å². The average molecular weight is 266 g/mol. The van der Waals surface area contributed by atoms with Crippen LogP contribution in [-0.2, 0) is 19.5 Å². The quantitative estimate of drug-likeness (QED) is 0.609. The van der Waals surface area contributed by atoms with Gasteiger partial charge in [0.25, 0.3) is 0 Å². The van der Waals surface area contributed by atoms with Gasteiger partial charge in [-0.3, -0.25) is 0 Å². The molecule has 102 valence electrons. The van der Waals surface area contributed by atoms with E-state index in [9.17, 15) is 8.42 Å². The van der Waals surface area contributed by atoms with Crippen molar-refractivity contribution in [3.63, 3.8) is 0 Å². The van der Waals surface area contributed by atoms with Crippen molar-refractivity contribution in [2.24, 2.45) is 0 Å². The molecule has 0 aromatic heterocycles. The number of hydrogen-bond acceptors (Lipinski definition) is 5. The molecule has 0 radical (unpaired) electrons. The van der Waals surface area contributed by atoms with Crippen LogP contribution in [0.5, 0.6) is 0 Å². The van der Waals surface area contributed by atoms with Crippen LogP contribution in [0.3, 0.4) is 0 Å². The molecule has 0 aliphatic carbocycles. The molecule has 0 aromatic carbocycles. The van der Waals surface area contributed by atoms with Crippen molar-refractivity contribution in [1.29, 1.82) is 0 Å². The zero-order valence-electron chi connectivity index (χ0n) is 10.4. The Kier molecular flexibility index (Phi) is 6.35. The minimum Gasteiger partial charge on any atom is -0.382 e. The number of sulfonamides is 1. The molecule has 0 saturated carbocycles. The molecule has 1 aliphatic heterocycles. The normalized spacial score (nSPS) is 22.8. The largest absolute Gasteiger partial charge is 0.382 e. The van der Waals surface area contributed by atoms with Crippen LogP contribution in [0.2, 0.25) is 0 Å². The summed E-state index contributed by atoms with van der Waals surface area (Å²) in [5.74, 6) is 0.135. The fraction of sp³-hybridized carbons (Fsp3) is 1.00. The van der Waals surface area contributed by atoms with E-state index in [4.69, 9.17) is 9.47 Å². The molecule has 1 heterocycles. The molecule has 0 amide bonds. The Hall–Kier alpha value is -0.210. The van der Waals surface area contributed by atoms with Crippen LogP contribution in [0, 0.1) is 0 Å². The van der Waals surface area contributed by atoms with Crippen LogP contribution >= 0.6 is 0 Å². The molecule has 1 rings (SSSR count). The monoisotopic (exact) mass is 266 g/mol. The van der Waals surface area contributed by atoms with Gasteiger partial charge in [0.05, 0.1) is 18.5 Å². The van der Waals surface area contributed by atoms with E-state index in [0.29, 0.717) is 6.61 Å². The van der Waals surface area contributed by atoms with E-state index in [0.717, 1.165) is 19.4 Å². The summed E-state index contributed by atoms with van der Waals surface area (Å²) < 4.78 is 36.1. The molecule has 1 saturated heterocycles. The van der Waals surface area contributed by atoms with E-state index in [1.807, 2.05) is 0 Å². The molecular formula is C10H22N2O4S. The van der Waals surface area contributed by atoms with Crippen LogP contribution < -0.4 is 10.0 Å². The third-order valence-electron chi connectivity index (χ3n) is 2.80. The summed E-state index contributed by atoms with van der Waals surface area (Å²) in [6.07, 6.45) is 1.73. The molecule has 0 bridgehead atoms. The van der Waals surface area contributed by atoms with Gasteiger partial charge in [0.2, 0.25) is 10.0 Å². The Morgan fingerprint density at radius 3 is 2.76 bits per heavy atom. The molecule has 2 atom stereocenters. The Bertz CT molecular complexity index is 301. The van der Waals surface area contributed by atoms with E-state index in [1.54, 1.807) is 7.11 Å². The summed E-state index contributed by atoms with van der Waals surface area (Å²) in [4.78, 5) is 0. The zero-order chi connectivity index (χ0) is 12.7. The second-order valence-corrected chi connectivity index (χ2v) is 6.09. The summed E-state index contributed by atoms with van der Waals surface area (Å²) in [7, 11) is -0.140. The summed E-state index contributed by atoms with van der Waals surface area (Å²) in [6.45, 7) is 1.53. The Morgan fingerprint density at radius 2 is 2.24 bits per heavy atom. The van der Waals surface area contributed by atoms with Gasteiger partial charge in [0.15, 0.2) is 0 Å². The van der Waals surface area contributed by atoms with Gasteiger partial charge in [-0.05, 0) is 19.4 Å². The van der Waals surface area contributed by atoms with E-state index in [1.165, 1.54) is 7.11 Å². The van der Waals surface area contributed by atoms with E-state index >= 15 is 0 Å². The van der Waals surface area contributed by atoms with Gasteiger partial charge in [-0.25, -0.2) is 13.1 Å². The van der Waals surface area contributed by atoms with Crippen molar-refractivity contribution in [1.82, 2.24) is 10.0 Å². The van der Waals surface area contributed by atoms with Crippen molar-refractivity contribution in [3.05, 3.63) is 0 Å². The van der Waals surface area contributed by atoms with Crippen molar-refractivity contribution in [3.8, 4) is 0 Å². The second-order valence-electron chi connectivity index (χ2n) is 4.24. The van der Waals surface area contributed by atoms with Crippen LogP contribution in [0.4, 0.5) is 0 Å². The molecule has 6 nitrogen and oxygen atoms in total. The molecule has 7 heteroatoms. The topological polar surface area (TPSA) is 76.7 Å². The number of nitrogens with one attached hydrogen (secondary N) is 2. The lowest BCUT2D eigenvalue weighted by Gasteiger charge is -2.16. The van der Waals surface area contributed by atoms with Gasteiger partial charge in [-0.1, -0.05) is 0 Å². The highest BCUT2D eigenvalue weighted by Gasteiger charge is 2.22. The molecule has 0 aromatic rings. The van der Waals surface area contributed by atoms with E-state index in [2.05, 4.69) is 10.0 Å². The maximum atomic E-state index is 11.8. The lowest BCUT2D eigenvalue weighted by molar-refractivity contribution is 0.0320. The Balaban J connectivity index is 2.32. The summed E-state index contributed by atoms with van der Waals surface area (Å²) in [5.41, 5.74) is 0. The number of methoxy groups -OCH3 is 2. The van der Waals surface area contributed by atoms with Crippen LogP contribution in [-0.4, -0.2) is 60.2 Å². The molecule has 1 fully saturated rings.